The molecular weight excluding hydrogens is 304 g/mol. The van der Waals surface area contributed by atoms with E-state index in [2.05, 4.69) is 5.32 Å². The van der Waals surface area contributed by atoms with Crippen LogP contribution in [0.5, 0.6) is 0 Å². The highest BCUT2D eigenvalue weighted by Gasteiger charge is 2.17. The van der Waals surface area contributed by atoms with E-state index in [9.17, 15) is 9.59 Å². The highest BCUT2D eigenvalue weighted by molar-refractivity contribution is 6.30. The number of nitrogens with one attached hydrogen (secondary N) is 1. The summed E-state index contributed by atoms with van der Waals surface area (Å²) in [5, 5.41) is 3.47. The van der Waals surface area contributed by atoms with Gasteiger partial charge in [-0.3, -0.25) is 9.59 Å². The number of ether oxygens (including phenoxy) is 1. The predicted octanol–water partition coefficient (Wildman–Crippen LogP) is 2.38. The number of halogens is 1. The number of hydrogen-bond donors (Lipinski definition) is 1. The van der Waals surface area contributed by atoms with E-state index in [4.69, 9.17) is 16.3 Å². The summed E-state index contributed by atoms with van der Waals surface area (Å²) in [5.41, 5.74) is 0.740. The maximum absolute atomic E-state index is 11.9. The molecule has 6 heteroatoms. The van der Waals surface area contributed by atoms with Crippen molar-refractivity contribution in [1.29, 1.82) is 0 Å². The number of nitrogens with zero attached hydrogens (tertiary/aromatic N) is 1. The third-order valence-electron chi connectivity index (χ3n) is 3.63. The van der Waals surface area contributed by atoms with Gasteiger partial charge in [-0.05, 0) is 37.1 Å². The standard InChI is InChI=1S/C16H21ClN2O3/c1-12(20)19(14-6-4-13(17)5-7-14)9-8-16(21)18-11-15-3-2-10-22-15/h4-7,15H,2-3,8-11H2,1H3,(H,18,21). The van der Waals surface area contributed by atoms with Crippen molar-refractivity contribution >= 4 is 29.1 Å². The van der Waals surface area contributed by atoms with Gasteiger partial charge < -0.3 is 15.0 Å². The fraction of sp³-hybridized carbons (Fsp3) is 0.500. The highest BCUT2D eigenvalue weighted by Crippen LogP contribution is 2.18. The molecule has 1 unspecified atom stereocenters. The van der Waals surface area contributed by atoms with Crippen LogP contribution in [-0.2, 0) is 14.3 Å². The fourth-order valence-electron chi connectivity index (χ4n) is 2.42. The lowest BCUT2D eigenvalue weighted by atomic mass is 10.2. The molecule has 1 saturated heterocycles. The molecule has 0 saturated carbocycles. The molecule has 0 bridgehead atoms. The Hall–Kier alpha value is -1.59. The van der Waals surface area contributed by atoms with Crippen LogP contribution in [0.4, 0.5) is 5.69 Å². The number of hydrogen-bond acceptors (Lipinski definition) is 3. The second kappa shape index (κ2) is 8.15. The number of carbonyl (C=O) groups excluding carboxylic acids is 2. The molecule has 1 aliphatic heterocycles. The first-order chi connectivity index (χ1) is 10.6. The van der Waals surface area contributed by atoms with Crippen LogP contribution >= 0.6 is 11.6 Å². The molecule has 1 heterocycles. The monoisotopic (exact) mass is 324 g/mol. The van der Waals surface area contributed by atoms with Crippen molar-refractivity contribution in [2.45, 2.75) is 32.3 Å². The lowest BCUT2D eigenvalue weighted by Crippen LogP contribution is -2.36. The zero-order chi connectivity index (χ0) is 15.9. The van der Waals surface area contributed by atoms with Crippen molar-refractivity contribution in [1.82, 2.24) is 5.32 Å². The second-order valence-electron chi connectivity index (χ2n) is 5.34. The summed E-state index contributed by atoms with van der Waals surface area (Å²) in [4.78, 5) is 25.2. The summed E-state index contributed by atoms with van der Waals surface area (Å²) in [6, 6.07) is 7.00. The van der Waals surface area contributed by atoms with Gasteiger partial charge >= 0.3 is 0 Å². The van der Waals surface area contributed by atoms with Gasteiger partial charge in [-0.15, -0.1) is 0 Å². The number of anilines is 1. The molecule has 1 N–H and O–H groups in total. The van der Waals surface area contributed by atoms with Gasteiger partial charge in [-0.1, -0.05) is 11.6 Å². The molecule has 22 heavy (non-hydrogen) atoms. The minimum absolute atomic E-state index is 0.0734. The maximum Gasteiger partial charge on any atom is 0.223 e. The fourth-order valence-corrected chi connectivity index (χ4v) is 2.55. The molecule has 0 aliphatic carbocycles. The van der Waals surface area contributed by atoms with E-state index in [0.717, 1.165) is 25.1 Å². The van der Waals surface area contributed by atoms with Crippen molar-refractivity contribution < 1.29 is 14.3 Å². The topological polar surface area (TPSA) is 58.6 Å². The Morgan fingerprint density at radius 1 is 1.36 bits per heavy atom. The number of amides is 2. The van der Waals surface area contributed by atoms with Gasteiger partial charge in [-0.2, -0.15) is 0 Å². The van der Waals surface area contributed by atoms with E-state index >= 15 is 0 Å². The molecule has 120 valence electrons. The first-order valence-electron chi connectivity index (χ1n) is 7.48. The van der Waals surface area contributed by atoms with Crippen molar-refractivity contribution in [3.8, 4) is 0 Å². The van der Waals surface area contributed by atoms with Gasteiger partial charge in [0.2, 0.25) is 11.8 Å². The molecular formula is C16H21ClN2O3. The Morgan fingerprint density at radius 2 is 2.09 bits per heavy atom. The normalized spacial score (nSPS) is 17.3. The summed E-state index contributed by atoms with van der Waals surface area (Å²) < 4.78 is 5.46. The van der Waals surface area contributed by atoms with E-state index in [1.165, 1.54) is 6.92 Å². The van der Waals surface area contributed by atoms with Crippen LogP contribution in [0.15, 0.2) is 24.3 Å². The molecule has 5 nitrogen and oxygen atoms in total. The molecule has 0 radical (unpaired) electrons. The molecule has 0 aromatic heterocycles. The Bertz CT molecular complexity index is 513. The predicted molar refractivity (Wildman–Crippen MR) is 86.1 cm³/mol. The number of benzene rings is 1. The Kier molecular flexibility index (Phi) is 6.21. The van der Waals surface area contributed by atoms with Crippen molar-refractivity contribution in [2.75, 3.05) is 24.6 Å². The lowest BCUT2D eigenvalue weighted by molar-refractivity contribution is -0.121. The van der Waals surface area contributed by atoms with Gasteiger partial charge in [-0.25, -0.2) is 0 Å². The van der Waals surface area contributed by atoms with Crippen molar-refractivity contribution in [3.05, 3.63) is 29.3 Å². The molecule has 1 atom stereocenters. The second-order valence-corrected chi connectivity index (χ2v) is 5.77. The smallest absolute Gasteiger partial charge is 0.223 e. The Balaban J connectivity index is 1.82. The van der Waals surface area contributed by atoms with E-state index < -0.39 is 0 Å². The molecule has 2 amide bonds. The van der Waals surface area contributed by atoms with E-state index in [1.807, 2.05) is 0 Å². The van der Waals surface area contributed by atoms with Gasteiger partial charge in [0, 0.05) is 43.8 Å². The average Bonchev–Trinajstić information content (AvgIpc) is 3.00. The summed E-state index contributed by atoms with van der Waals surface area (Å²) >= 11 is 5.85. The summed E-state index contributed by atoms with van der Waals surface area (Å²) in [6.45, 7) is 3.14. The third-order valence-corrected chi connectivity index (χ3v) is 3.88. The Morgan fingerprint density at radius 3 is 2.68 bits per heavy atom. The molecule has 1 fully saturated rings. The average molecular weight is 325 g/mol. The Labute approximate surface area is 135 Å². The van der Waals surface area contributed by atoms with Gasteiger partial charge in [0.15, 0.2) is 0 Å². The van der Waals surface area contributed by atoms with E-state index in [1.54, 1.807) is 29.2 Å². The molecule has 0 spiro atoms. The van der Waals surface area contributed by atoms with E-state index in [-0.39, 0.29) is 24.3 Å². The third kappa shape index (κ3) is 5.00. The minimum Gasteiger partial charge on any atom is -0.376 e. The highest BCUT2D eigenvalue weighted by atomic mass is 35.5. The molecule has 2 rings (SSSR count). The van der Waals surface area contributed by atoms with E-state index in [0.29, 0.717) is 18.1 Å². The molecule has 1 aromatic rings. The quantitative estimate of drug-likeness (QED) is 0.874. The minimum atomic E-state index is -0.103. The van der Waals surface area contributed by atoms with Crippen LogP contribution in [0, 0.1) is 0 Å². The van der Waals surface area contributed by atoms with Crippen LogP contribution in [0.3, 0.4) is 0 Å². The van der Waals surface area contributed by atoms with Gasteiger partial charge in [0.25, 0.3) is 0 Å². The summed E-state index contributed by atoms with van der Waals surface area (Å²) in [7, 11) is 0. The van der Waals surface area contributed by atoms with Crippen LogP contribution in [0.1, 0.15) is 26.2 Å². The summed E-state index contributed by atoms with van der Waals surface area (Å²) in [5.74, 6) is -0.176. The van der Waals surface area contributed by atoms with Gasteiger partial charge in [0.05, 0.1) is 6.10 Å². The van der Waals surface area contributed by atoms with Crippen LogP contribution < -0.4 is 10.2 Å². The zero-order valence-corrected chi connectivity index (χ0v) is 13.4. The summed E-state index contributed by atoms with van der Waals surface area (Å²) in [6.07, 6.45) is 2.43. The molecule has 1 aromatic carbocycles. The zero-order valence-electron chi connectivity index (χ0n) is 12.7. The lowest BCUT2D eigenvalue weighted by Gasteiger charge is -2.21. The van der Waals surface area contributed by atoms with Crippen molar-refractivity contribution in [2.24, 2.45) is 0 Å². The first-order valence-corrected chi connectivity index (χ1v) is 7.86. The number of carbonyl (C=O) groups is 2. The SMILES string of the molecule is CC(=O)N(CCC(=O)NCC1CCCO1)c1ccc(Cl)cc1. The van der Waals surface area contributed by atoms with Crippen LogP contribution in [0.2, 0.25) is 5.02 Å². The maximum atomic E-state index is 11.9. The number of rotatable bonds is 6. The van der Waals surface area contributed by atoms with Crippen molar-refractivity contribution in [3.63, 3.8) is 0 Å². The van der Waals surface area contributed by atoms with Crippen LogP contribution in [0.25, 0.3) is 0 Å². The largest absolute Gasteiger partial charge is 0.376 e. The molecule has 1 aliphatic rings. The van der Waals surface area contributed by atoms with Gasteiger partial charge in [0.1, 0.15) is 0 Å². The van der Waals surface area contributed by atoms with Crippen LogP contribution in [-0.4, -0.2) is 37.6 Å². The first kappa shape index (κ1) is 16.8.